The monoisotopic (exact) mass is 641 g/mol. The second-order valence-corrected chi connectivity index (χ2v) is 10.7. The van der Waals surface area contributed by atoms with E-state index in [2.05, 4.69) is 39.4 Å². The van der Waals surface area contributed by atoms with Crippen molar-refractivity contribution in [2.75, 3.05) is 52.5 Å². The summed E-state index contributed by atoms with van der Waals surface area (Å²) in [5.74, 6) is 0.218. The zero-order chi connectivity index (χ0) is 27.3. The second-order valence-electron chi connectivity index (χ2n) is 9.52. The summed E-state index contributed by atoms with van der Waals surface area (Å²) >= 11 is 2.17. The fraction of sp³-hybridized carbons (Fsp3) is 0.571. The van der Waals surface area contributed by atoms with Gasteiger partial charge in [0.1, 0.15) is 18.0 Å². The van der Waals surface area contributed by atoms with E-state index in [-0.39, 0.29) is 31.4 Å². The summed E-state index contributed by atoms with van der Waals surface area (Å²) in [4.78, 5) is 30.5. The van der Waals surface area contributed by atoms with Crippen LogP contribution in [0, 0.1) is 3.57 Å². The first-order valence-corrected chi connectivity index (χ1v) is 14.4. The fourth-order valence-electron chi connectivity index (χ4n) is 4.72. The molecule has 1 aromatic rings. The Morgan fingerprint density at radius 1 is 1.26 bits per heavy atom. The maximum atomic E-state index is 13.5. The van der Waals surface area contributed by atoms with Crippen molar-refractivity contribution in [1.82, 2.24) is 15.1 Å². The quantitative estimate of drug-likeness (QED) is 0.162. The molecule has 210 valence electrons. The van der Waals surface area contributed by atoms with Crippen LogP contribution in [0.5, 0.6) is 5.75 Å². The molecule has 0 bridgehead atoms. The van der Waals surface area contributed by atoms with E-state index in [9.17, 15) is 19.8 Å². The third-order valence-corrected chi connectivity index (χ3v) is 7.74. The summed E-state index contributed by atoms with van der Waals surface area (Å²) in [7, 11) is 0. The van der Waals surface area contributed by atoms with Crippen molar-refractivity contribution in [3.05, 3.63) is 52.1 Å². The molecular formula is C28H40IN3O6. The molecule has 2 amide bonds. The molecule has 10 heteroatoms. The lowest BCUT2D eigenvalue weighted by atomic mass is 9.88. The smallest absolute Gasteiger partial charge is 0.247 e. The highest BCUT2D eigenvalue weighted by atomic mass is 127. The first kappa shape index (κ1) is 30.6. The van der Waals surface area contributed by atoms with E-state index in [0.717, 1.165) is 35.9 Å². The van der Waals surface area contributed by atoms with Crippen molar-refractivity contribution in [3.63, 3.8) is 0 Å². The second kappa shape index (κ2) is 16.2. The van der Waals surface area contributed by atoms with E-state index in [1.54, 1.807) is 11.0 Å². The number of hydrogen-bond acceptors (Lipinski definition) is 7. The number of rotatable bonds is 14. The molecule has 9 nitrogen and oxygen atoms in total. The Balaban J connectivity index is 1.85. The number of para-hydroxylation sites is 1. The van der Waals surface area contributed by atoms with Crippen LogP contribution in [0.2, 0.25) is 0 Å². The van der Waals surface area contributed by atoms with E-state index >= 15 is 0 Å². The number of carbonyl (C=O) groups is 2. The summed E-state index contributed by atoms with van der Waals surface area (Å²) in [5.41, 5.74) is 0.431. The summed E-state index contributed by atoms with van der Waals surface area (Å²) in [6.07, 6.45) is 4.64. The van der Waals surface area contributed by atoms with Gasteiger partial charge in [0.05, 0.1) is 29.4 Å². The van der Waals surface area contributed by atoms with Gasteiger partial charge in [0.2, 0.25) is 11.8 Å². The minimum Gasteiger partial charge on any atom is -0.482 e. The zero-order valence-electron chi connectivity index (χ0n) is 21.9. The van der Waals surface area contributed by atoms with E-state index in [0.29, 0.717) is 44.0 Å². The molecule has 3 N–H and O–H groups in total. The molecule has 0 unspecified atom stereocenters. The molecule has 1 fully saturated rings. The van der Waals surface area contributed by atoms with E-state index in [1.165, 1.54) is 0 Å². The van der Waals surface area contributed by atoms with Crippen LogP contribution in [0.1, 0.15) is 32.1 Å². The number of carbonyl (C=O) groups excluding carboxylic acids is 2. The molecule has 3 atom stereocenters. The summed E-state index contributed by atoms with van der Waals surface area (Å²) in [5, 5.41) is 23.4. The van der Waals surface area contributed by atoms with Crippen molar-refractivity contribution in [2.24, 2.45) is 0 Å². The van der Waals surface area contributed by atoms with Crippen LogP contribution in [0.4, 0.5) is 0 Å². The number of aliphatic hydroxyl groups is 2. The Kier molecular flexibility index (Phi) is 13.0. The van der Waals surface area contributed by atoms with Gasteiger partial charge < -0.3 is 29.9 Å². The normalized spacial score (nSPS) is 21.9. The van der Waals surface area contributed by atoms with E-state index in [1.807, 2.05) is 30.3 Å². The number of benzene rings is 1. The Hall–Kier alpha value is -1.99. The standard InChI is InChI=1S/C28H40IN3O6/c1-2-3-4-5-10-26(34)32(13-12-31-14-17-37-18-15-31)23-19-21(28(36)30-11-16-33)20-25(27(23)35)38-24-9-7-6-8-22(24)29/h2,6-9,20,23,25,27,33,35H,1,3-5,10-19H2,(H,30,36)/t23-,25+,27+/m1/s1. The lowest BCUT2D eigenvalue weighted by Crippen LogP contribution is -2.56. The first-order chi connectivity index (χ1) is 18.4. The van der Waals surface area contributed by atoms with Gasteiger partial charge in [0, 0.05) is 51.1 Å². The van der Waals surface area contributed by atoms with Gasteiger partial charge in [-0.1, -0.05) is 18.2 Å². The number of ether oxygens (including phenoxy) is 2. The molecular weight excluding hydrogens is 601 g/mol. The van der Waals surface area contributed by atoms with Crippen LogP contribution in [0.25, 0.3) is 0 Å². The number of amides is 2. The Labute approximate surface area is 239 Å². The Morgan fingerprint density at radius 3 is 2.74 bits per heavy atom. The highest BCUT2D eigenvalue weighted by Crippen LogP contribution is 2.30. The number of nitrogens with zero attached hydrogens (tertiary/aromatic N) is 2. The van der Waals surface area contributed by atoms with E-state index < -0.39 is 18.2 Å². The van der Waals surface area contributed by atoms with Crippen LogP contribution >= 0.6 is 22.6 Å². The maximum Gasteiger partial charge on any atom is 0.247 e. The minimum atomic E-state index is -1.03. The Bertz CT molecular complexity index is 952. The number of nitrogens with one attached hydrogen (secondary N) is 1. The molecule has 3 rings (SSSR count). The molecule has 0 spiro atoms. The van der Waals surface area contributed by atoms with Crippen LogP contribution in [-0.2, 0) is 14.3 Å². The zero-order valence-corrected chi connectivity index (χ0v) is 24.1. The largest absolute Gasteiger partial charge is 0.482 e. The first-order valence-electron chi connectivity index (χ1n) is 13.3. The third kappa shape index (κ3) is 9.04. The summed E-state index contributed by atoms with van der Waals surface area (Å²) in [6, 6.07) is 6.84. The highest BCUT2D eigenvalue weighted by molar-refractivity contribution is 14.1. The van der Waals surface area contributed by atoms with Crippen molar-refractivity contribution >= 4 is 34.4 Å². The van der Waals surface area contributed by atoms with E-state index in [4.69, 9.17) is 9.47 Å². The van der Waals surface area contributed by atoms with Gasteiger partial charge in [0.25, 0.3) is 0 Å². The number of unbranched alkanes of at least 4 members (excludes halogenated alkanes) is 2. The molecule has 2 aliphatic rings. The van der Waals surface area contributed by atoms with Gasteiger partial charge in [-0.25, -0.2) is 0 Å². The maximum absolute atomic E-state index is 13.5. The predicted molar refractivity (Wildman–Crippen MR) is 154 cm³/mol. The molecule has 1 aromatic carbocycles. The molecule has 0 radical (unpaired) electrons. The minimum absolute atomic E-state index is 0.0450. The number of aliphatic hydroxyl groups excluding tert-OH is 2. The third-order valence-electron chi connectivity index (χ3n) is 6.84. The van der Waals surface area contributed by atoms with Crippen molar-refractivity contribution in [2.45, 2.75) is 50.4 Å². The topological polar surface area (TPSA) is 112 Å². The van der Waals surface area contributed by atoms with Gasteiger partial charge in [0.15, 0.2) is 0 Å². The number of allylic oxidation sites excluding steroid dienone is 1. The average molecular weight is 642 g/mol. The van der Waals surface area contributed by atoms with Crippen LogP contribution in [0.3, 0.4) is 0 Å². The van der Waals surface area contributed by atoms with Gasteiger partial charge in [-0.15, -0.1) is 6.58 Å². The SMILES string of the molecule is C=CCCCCC(=O)N(CCN1CCOCC1)[C@@H]1CC(C(=O)NCCO)=C[C@H](Oc2ccccc2I)[C@H]1O. The number of halogens is 1. The summed E-state index contributed by atoms with van der Waals surface area (Å²) < 4.78 is 12.5. The highest BCUT2D eigenvalue weighted by Gasteiger charge is 2.40. The predicted octanol–water partition coefficient (Wildman–Crippen LogP) is 2.11. The molecule has 1 aliphatic heterocycles. The number of morpholine rings is 1. The van der Waals surface area contributed by atoms with Crippen molar-refractivity contribution in [3.8, 4) is 5.75 Å². The van der Waals surface area contributed by atoms with Gasteiger partial charge in [-0.2, -0.15) is 0 Å². The number of hydrogen-bond donors (Lipinski definition) is 3. The molecule has 1 heterocycles. The fourth-order valence-corrected chi connectivity index (χ4v) is 5.24. The Morgan fingerprint density at radius 2 is 2.03 bits per heavy atom. The van der Waals surface area contributed by atoms with Crippen molar-refractivity contribution in [1.29, 1.82) is 0 Å². The summed E-state index contributed by atoms with van der Waals surface area (Å²) in [6.45, 7) is 7.69. The average Bonchev–Trinajstić information content (AvgIpc) is 2.93. The van der Waals surface area contributed by atoms with Crippen molar-refractivity contribution < 1.29 is 29.3 Å². The molecule has 1 saturated heterocycles. The lowest BCUT2D eigenvalue weighted by molar-refractivity contribution is -0.139. The molecule has 1 aliphatic carbocycles. The van der Waals surface area contributed by atoms with Crippen LogP contribution in [0.15, 0.2) is 48.6 Å². The molecule has 0 saturated carbocycles. The van der Waals surface area contributed by atoms with Crippen LogP contribution in [-0.4, -0.2) is 103 Å². The molecule has 0 aromatic heterocycles. The van der Waals surface area contributed by atoms with Gasteiger partial charge in [-0.3, -0.25) is 14.5 Å². The lowest BCUT2D eigenvalue weighted by Gasteiger charge is -2.41. The van der Waals surface area contributed by atoms with Gasteiger partial charge in [-0.05, 0) is 60.1 Å². The van der Waals surface area contributed by atoms with Gasteiger partial charge >= 0.3 is 0 Å². The molecule has 38 heavy (non-hydrogen) atoms. The van der Waals surface area contributed by atoms with Crippen LogP contribution < -0.4 is 10.1 Å².